The molecular formula is C19H19NO8. The van der Waals surface area contributed by atoms with Gasteiger partial charge < -0.3 is 18.9 Å². The molecule has 0 aliphatic rings. The monoisotopic (exact) mass is 389 g/mol. The highest BCUT2D eigenvalue weighted by atomic mass is 16.8. The first-order valence-corrected chi connectivity index (χ1v) is 8.21. The number of benzene rings is 2. The van der Waals surface area contributed by atoms with Crippen molar-refractivity contribution in [1.29, 1.82) is 0 Å². The lowest BCUT2D eigenvalue weighted by molar-refractivity contribution is -0.384. The van der Waals surface area contributed by atoms with Crippen LogP contribution in [0.3, 0.4) is 0 Å². The Morgan fingerprint density at radius 1 is 0.929 bits per heavy atom. The van der Waals surface area contributed by atoms with E-state index in [4.69, 9.17) is 18.9 Å². The van der Waals surface area contributed by atoms with Crippen molar-refractivity contribution >= 4 is 18.0 Å². The predicted molar refractivity (Wildman–Crippen MR) is 96.7 cm³/mol. The summed E-state index contributed by atoms with van der Waals surface area (Å²) in [5.74, 6) is 0.0275. The van der Waals surface area contributed by atoms with Crippen molar-refractivity contribution in [1.82, 2.24) is 0 Å². The molecule has 0 saturated carbocycles. The van der Waals surface area contributed by atoms with E-state index in [1.807, 2.05) is 0 Å². The third kappa shape index (κ3) is 6.60. The molecule has 9 nitrogen and oxygen atoms in total. The van der Waals surface area contributed by atoms with E-state index >= 15 is 0 Å². The molecule has 28 heavy (non-hydrogen) atoms. The first-order chi connectivity index (χ1) is 13.1. The minimum Gasteiger partial charge on any atom is -0.428 e. The van der Waals surface area contributed by atoms with E-state index in [1.54, 1.807) is 51.1 Å². The van der Waals surface area contributed by atoms with Crippen LogP contribution in [-0.2, 0) is 14.2 Å². The molecule has 2 aromatic carbocycles. The largest absolute Gasteiger partial charge is 0.517 e. The van der Waals surface area contributed by atoms with Crippen molar-refractivity contribution < 1.29 is 33.5 Å². The molecule has 0 aliphatic carbocycles. The lowest BCUT2D eigenvalue weighted by Crippen LogP contribution is -2.27. The van der Waals surface area contributed by atoms with E-state index in [2.05, 4.69) is 0 Å². The van der Waals surface area contributed by atoms with Gasteiger partial charge >= 0.3 is 12.3 Å². The van der Waals surface area contributed by atoms with Gasteiger partial charge in [0.25, 0.3) is 12.0 Å². The van der Waals surface area contributed by atoms with E-state index in [0.29, 0.717) is 5.56 Å². The molecule has 0 heterocycles. The normalized spacial score (nSPS) is 11.8. The molecule has 0 spiro atoms. The van der Waals surface area contributed by atoms with Gasteiger partial charge in [0.2, 0.25) is 0 Å². The summed E-state index contributed by atoms with van der Waals surface area (Å²) in [5.41, 5.74) is -0.567. The van der Waals surface area contributed by atoms with Crippen LogP contribution < -0.4 is 4.74 Å². The first kappa shape index (κ1) is 20.7. The van der Waals surface area contributed by atoms with Crippen molar-refractivity contribution in [2.75, 3.05) is 0 Å². The van der Waals surface area contributed by atoms with Gasteiger partial charge in [0, 0.05) is 17.7 Å². The molecule has 9 heteroatoms. The molecule has 0 saturated heterocycles. The second-order valence-electron chi connectivity index (χ2n) is 6.55. The molecule has 1 unspecified atom stereocenters. The highest BCUT2D eigenvalue weighted by Gasteiger charge is 2.26. The number of hydrogen-bond acceptors (Lipinski definition) is 8. The van der Waals surface area contributed by atoms with Crippen LogP contribution in [0.25, 0.3) is 0 Å². The number of nitro benzene ring substituents is 1. The second-order valence-corrected chi connectivity index (χ2v) is 6.55. The van der Waals surface area contributed by atoms with Crippen LogP contribution in [0.15, 0.2) is 54.6 Å². The maximum Gasteiger partial charge on any atom is 0.517 e. The lowest BCUT2D eigenvalue weighted by atomic mass is 10.2. The summed E-state index contributed by atoms with van der Waals surface area (Å²) < 4.78 is 20.2. The number of rotatable bonds is 5. The molecule has 0 bridgehead atoms. The number of ether oxygens (including phenoxy) is 4. The minimum atomic E-state index is -1.40. The zero-order valence-electron chi connectivity index (χ0n) is 15.5. The molecule has 0 fully saturated rings. The Bertz CT molecular complexity index is 827. The Kier molecular flexibility index (Phi) is 6.54. The fraction of sp³-hybridized carbons (Fsp3) is 0.263. The number of non-ortho nitro benzene ring substituents is 1. The summed E-state index contributed by atoms with van der Waals surface area (Å²) in [6.45, 7) is 4.99. The van der Waals surface area contributed by atoms with Gasteiger partial charge in [0.1, 0.15) is 11.4 Å². The fourth-order valence-electron chi connectivity index (χ4n) is 1.98. The number of carbonyl (C=O) groups is 2. The molecule has 2 aromatic rings. The molecular weight excluding hydrogens is 370 g/mol. The summed E-state index contributed by atoms with van der Waals surface area (Å²) in [6.07, 6.45) is -3.59. The van der Waals surface area contributed by atoms with Gasteiger partial charge in [-0.25, -0.2) is 9.59 Å². The van der Waals surface area contributed by atoms with Crippen molar-refractivity contribution in [3.8, 4) is 5.75 Å². The van der Waals surface area contributed by atoms with Crippen LogP contribution in [0, 0.1) is 10.1 Å². The van der Waals surface area contributed by atoms with E-state index in [1.165, 1.54) is 24.3 Å². The Balaban J connectivity index is 2.07. The topological polar surface area (TPSA) is 114 Å². The zero-order chi connectivity index (χ0) is 20.7. The molecule has 0 N–H and O–H groups in total. The van der Waals surface area contributed by atoms with Gasteiger partial charge in [-0.15, -0.1) is 0 Å². The molecule has 0 radical (unpaired) electrons. The van der Waals surface area contributed by atoms with Crippen LogP contribution >= 0.6 is 0 Å². The van der Waals surface area contributed by atoms with Gasteiger partial charge in [0.15, 0.2) is 0 Å². The maximum atomic E-state index is 12.1. The quantitative estimate of drug-likeness (QED) is 0.236. The second kappa shape index (κ2) is 8.85. The van der Waals surface area contributed by atoms with Gasteiger partial charge in [-0.1, -0.05) is 30.3 Å². The summed E-state index contributed by atoms with van der Waals surface area (Å²) in [4.78, 5) is 34.1. The Hall–Kier alpha value is -3.62. The third-order valence-corrected chi connectivity index (χ3v) is 3.12. The van der Waals surface area contributed by atoms with Crippen molar-refractivity contribution in [3.05, 3.63) is 70.3 Å². The summed E-state index contributed by atoms with van der Waals surface area (Å²) in [5, 5.41) is 10.7. The highest BCUT2D eigenvalue weighted by Crippen LogP contribution is 2.23. The van der Waals surface area contributed by atoms with Crippen LogP contribution in [0.2, 0.25) is 0 Å². The Morgan fingerprint density at radius 2 is 1.50 bits per heavy atom. The van der Waals surface area contributed by atoms with Crippen LogP contribution in [0.5, 0.6) is 5.75 Å². The van der Waals surface area contributed by atoms with Crippen molar-refractivity contribution in [3.63, 3.8) is 0 Å². The summed E-state index contributed by atoms with van der Waals surface area (Å²) in [6, 6.07) is 13.1. The smallest absolute Gasteiger partial charge is 0.428 e. The average molecular weight is 389 g/mol. The number of nitro groups is 1. The van der Waals surface area contributed by atoms with Gasteiger partial charge in [-0.2, -0.15) is 0 Å². The van der Waals surface area contributed by atoms with Crippen molar-refractivity contribution in [2.24, 2.45) is 0 Å². The molecule has 148 valence electrons. The average Bonchev–Trinajstić information content (AvgIpc) is 2.60. The Morgan fingerprint density at radius 3 is 2.04 bits per heavy atom. The summed E-state index contributed by atoms with van der Waals surface area (Å²) >= 11 is 0. The molecule has 2 rings (SSSR count). The molecule has 0 amide bonds. The van der Waals surface area contributed by atoms with Crippen LogP contribution in [0.4, 0.5) is 15.3 Å². The maximum absolute atomic E-state index is 12.1. The van der Waals surface area contributed by atoms with Crippen molar-refractivity contribution in [2.45, 2.75) is 32.7 Å². The third-order valence-electron chi connectivity index (χ3n) is 3.12. The predicted octanol–water partition coefficient (Wildman–Crippen LogP) is 4.76. The van der Waals surface area contributed by atoms with E-state index in [0.717, 1.165) is 0 Å². The van der Waals surface area contributed by atoms with Gasteiger partial charge in [-0.3, -0.25) is 10.1 Å². The highest BCUT2D eigenvalue weighted by molar-refractivity contribution is 5.65. The Labute approximate surface area is 160 Å². The lowest BCUT2D eigenvalue weighted by Gasteiger charge is -2.22. The summed E-state index contributed by atoms with van der Waals surface area (Å²) in [7, 11) is 0. The van der Waals surface area contributed by atoms with Crippen LogP contribution in [-0.4, -0.2) is 22.8 Å². The SMILES string of the molecule is CC(C)(C)OC(=O)OC(OC(=O)Oc1ccc([N+](=O)[O-])cc1)c1ccccc1. The molecule has 0 aliphatic heterocycles. The van der Waals surface area contributed by atoms with Crippen LogP contribution in [0.1, 0.15) is 32.6 Å². The van der Waals surface area contributed by atoms with Gasteiger partial charge in [-0.05, 0) is 32.9 Å². The van der Waals surface area contributed by atoms with Gasteiger partial charge in [0.05, 0.1) is 4.92 Å². The number of nitrogens with zero attached hydrogens (tertiary/aromatic N) is 1. The number of carbonyl (C=O) groups excluding carboxylic acids is 2. The van der Waals surface area contributed by atoms with E-state index < -0.39 is 29.1 Å². The number of hydrogen-bond donors (Lipinski definition) is 0. The standard InChI is InChI=1S/C19H19NO8/c1-19(2,3)28-18(22)27-16(13-7-5-4-6-8-13)26-17(21)25-15-11-9-14(10-12-15)20(23)24/h4-12,16H,1-3H3. The van der Waals surface area contributed by atoms with E-state index in [-0.39, 0.29) is 11.4 Å². The fourth-order valence-corrected chi connectivity index (χ4v) is 1.98. The minimum absolute atomic E-state index is 0.0275. The van der Waals surface area contributed by atoms with E-state index in [9.17, 15) is 19.7 Å². The first-order valence-electron chi connectivity index (χ1n) is 8.21. The zero-order valence-corrected chi connectivity index (χ0v) is 15.5. The molecule has 1 atom stereocenters. The molecule has 0 aromatic heterocycles.